The number of nitrogens with two attached hydrogens (primary N) is 1. The van der Waals surface area contributed by atoms with Gasteiger partial charge < -0.3 is 10.6 Å². The van der Waals surface area contributed by atoms with Gasteiger partial charge in [0.1, 0.15) is 4.90 Å². The summed E-state index contributed by atoms with van der Waals surface area (Å²) in [5.41, 5.74) is 7.27. The van der Waals surface area contributed by atoms with Crippen molar-refractivity contribution >= 4 is 38.7 Å². The van der Waals surface area contributed by atoms with Gasteiger partial charge in [0.25, 0.3) is 10.0 Å². The molecule has 0 radical (unpaired) electrons. The van der Waals surface area contributed by atoms with Crippen molar-refractivity contribution in [2.24, 2.45) is 0 Å². The summed E-state index contributed by atoms with van der Waals surface area (Å²) in [6, 6.07) is 11.3. The van der Waals surface area contributed by atoms with Crippen molar-refractivity contribution in [2.75, 3.05) is 29.5 Å². The minimum Gasteiger partial charge on any atom is -0.398 e. The van der Waals surface area contributed by atoms with E-state index < -0.39 is 10.0 Å². The Labute approximate surface area is 129 Å². The van der Waals surface area contributed by atoms with Crippen molar-refractivity contribution in [1.82, 2.24) is 0 Å². The fourth-order valence-corrected chi connectivity index (χ4v) is 3.16. The first kappa shape index (κ1) is 15.5. The predicted molar refractivity (Wildman–Crippen MR) is 87.4 cm³/mol. The van der Waals surface area contributed by atoms with Crippen LogP contribution in [0.25, 0.3) is 0 Å². The Kier molecular flexibility index (Phi) is 4.29. The summed E-state index contributed by atoms with van der Waals surface area (Å²) >= 11 is 5.77. The highest BCUT2D eigenvalue weighted by Crippen LogP contribution is 2.25. The summed E-state index contributed by atoms with van der Waals surface area (Å²) in [5.74, 6) is 0. The highest BCUT2D eigenvalue weighted by molar-refractivity contribution is 7.92. The van der Waals surface area contributed by atoms with Gasteiger partial charge in [-0.25, -0.2) is 8.42 Å². The van der Waals surface area contributed by atoms with Gasteiger partial charge in [-0.3, -0.25) is 4.72 Å². The summed E-state index contributed by atoms with van der Waals surface area (Å²) in [7, 11) is 0.0795. The van der Waals surface area contributed by atoms with Crippen molar-refractivity contribution in [2.45, 2.75) is 4.90 Å². The van der Waals surface area contributed by atoms with Crippen LogP contribution < -0.4 is 15.4 Å². The van der Waals surface area contributed by atoms with Crippen molar-refractivity contribution in [3.05, 3.63) is 47.5 Å². The van der Waals surface area contributed by atoms with Crippen LogP contribution in [0.1, 0.15) is 0 Å². The molecule has 0 aliphatic heterocycles. The van der Waals surface area contributed by atoms with Crippen LogP contribution >= 0.6 is 11.6 Å². The maximum atomic E-state index is 12.3. The zero-order valence-corrected chi connectivity index (χ0v) is 13.2. The van der Waals surface area contributed by atoms with E-state index >= 15 is 0 Å². The zero-order chi connectivity index (χ0) is 15.6. The smallest absolute Gasteiger partial charge is 0.263 e. The molecule has 0 fully saturated rings. The topological polar surface area (TPSA) is 75.4 Å². The number of rotatable bonds is 4. The van der Waals surface area contributed by atoms with Crippen LogP contribution in [-0.2, 0) is 10.0 Å². The number of nitrogen functional groups attached to an aromatic ring is 1. The minimum absolute atomic E-state index is 0.00332. The first-order valence-corrected chi connectivity index (χ1v) is 8.01. The normalized spacial score (nSPS) is 11.2. The fourth-order valence-electron chi connectivity index (χ4n) is 1.80. The van der Waals surface area contributed by atoms with Crippen LogP contribution in [0.2, 0.25) is 5.02 Å². The summed E-state index contributed by atoms with van der Waals surface area (Å²) < 4.78 is 27.1. The van der Waals surface area contributed by atoms with E-state index in [0.717, 1.165) is 5.69 Å². The van der Waals surface area contributed by atoms with E-state index in [4.69, 9.17) is 17.3 Å². The molecule has 0 aliphatic carbocycles. The molecule has 2 aromatic carbocycles. The van der Waals surface area contributed by atoms with Crippen LogP contribution in [0.3, 0.4) is 0 Å². The molecular formula is C14H16ClN3O2S. The van der Waals surface area contributed by atoms with E-state index in [0.29, 0.717) is 10.7 Å². The molecule has 21 heavy (non-hydrogen) atoms. The Morgan fingerprint density at radius 1 is 1.10 bits per heavy atom. The molecule has 0 saturated heterocycles. The van der Waals surface area contributed by atoms with Gasteiger partial charge in [0, 0.05) is 30.5 Å². The van der Waals surface area contributed by atoms with Crippen LogP contribution in [0.15, 0.2) is 47.4 Å². The molecule has 5 nitrogen and oxygen atoms in total. The van der Waals surface area contributed by atoms with Gasteiger partial charge >= 0.3 is 0 Å². The van der Waals surface area contributed by atoms with Crippen molar-refractivity contribution in [3.8, 4) is 0 Å². The molecule has 0 spiro atoms. The number of sulfonamides is 1. The number of hydrogen-bond donors (Lipinski definition) is 2. The van der Waals surface area contributed by atoms with Gasteiger partial charge in [-0.1, -0.05) is 11.6 Å². The SMILES string of the molecule is CN(C)c1ccc(NS(=O)(=O)c2ccc(Cl)cc2N)cc1. The second kappa shape index (κ2) is 5.83. The number of nitrogens with one attached hydrogen (secondary N) is 1. The van der Waals surface area contributed by atoms with Crippen LogP contribution in [-0.4, -0.2) is 22.5 Å². The maximum Gasteiger partial charge on any atom is 0.263 e. The summed E-state index contributed by atoms with van der Waals surface area (Å²) in [6.45, 7) is 0. The standard InChI is InChI=1S/C14H16ClN3O2S/c1-18(2)12-6-4-11(5-7-12)17-21(19,20)14-8-3-10(15)9-13(14)16/h3-9,17H,16H2,1-2H3. The lowest BCUT2D eigenvalue weighted by molar-refractivity contribution is 0.601. The molecule has 0 amide bonds. The van der Waals surface area contributed by atoms with Gasteiger partial charge in [-0.05, 0) is 42.5 Å². The van der Waals surface area contributed by atoms with Gasteiger partial charge in [0.2, 0.25) is 0 Å². The first-order valence-electron chi connectivity index (χ1n) is 6.15. The molecule has 0 saturated carbocycles. The van der Waals surface area contributed by atoms with Crippen LogP contribution in [0, 0.1) is 0 Å². The van der Waals surface area contributed by atoms with Crippen molar-refractivity contribution in [3.63, 3.8) is 0 Å². The molecular weight excluding hydrogens is 310 g/mol. The summed E-state index contributed by atoms with van der Waals surface area (Å²) in [5, 5.41) is 0.391. The summed E-state index contributed by atoms with van der Waals surface area (Å²) in [4.78, 5) is 1.93. The first-order chi connectivity index (χ1) is 9.79. The van der Waals surface area contributed by atoms with Gasteiger partial charge in [0.05, 0.1) is 5.69 Å². The summed E-state index contributed by atoms with van der Waals surface area (Å²) in [6.07, 6.45) is 0. The molecule has 0 atom stereocenters. The zero-order valence-electron chi connectivity index (χ0n) is 11.7. The van der Waals surface area contributed by atoms with E-state index in [-0.39, 0.29) is 10.6 Å². The molecule has 3 N–H and O–H groups in total. The Bertz CT molecular complexity index is 743. The third-order valence-corrected chi connectivity index (χ3v) is 4.59. The number of nitrogens with zero attached hydrogens (tertiary/aromatic N) is 1. The Morgan fingerprint density at radius 3 is 2.24 bits per heavy atom. The maximum absolute atomic E-state index is 12.3. The predicted octanol–water partition coefficient (Wildman–Crippen LogP) is 2.79. The second-order valence-electron chi connectivity index (χ2n) is 4.73. The van der Waals surface area contributed by atoms with E-state index in [9.17, 15) is 8.42 Å². The fraction of sp³-hybridized carbons (Fsp3) is 0.143. The number of anilines is 3. The number of halogens is 1. The van der Waals surface area contributed by atoms with Gasteiger partial charge in [-0.2, -0.15) is 0 Å². The molecule has 112 valence electrons. The molecule has 2 aromatic rings. The second-order valence-corrected chi connectivity index (χ2v) is 6.82. The lowest BCUT2D eigenvalue weighted by atomic mass is 10.3. The van der Waals surface area contributed by atoms with E-state index in [1.807, 2.05) is 31.1 Å². The quantitative estimate of drug-likeness (QED) is 0.848. The number of hydrogen-bond acceptors (Lipinski definition) is 4. The lowest BCUT2D eigenvalue weighted by Gasteiger charge is -2.14. The molecule has 0 aromatic heterocycles. The average Bonchev–Trinajstić information content (AvgIpc) is 2.38. The average molecular weight is 326 g/mol. The molecule has 0 unspecified atom stereocenters. The van der Waals surface area contributed by atoms with Crippen LogP contribution in [0.4, 0.5) is 17.1 Å². The highest BCUT2D eigenvalue weighted by Gasteiger charge is 2.17. The van der Waals surface area contributed by atoms with E-state index in [1.165, 1.54) is 18.2 Å². The van der Waals surface area contributed by atoms with Crippen LogP contribution in [0.5, 0.6) is 0 Å². The molecule has 2 rings (SSSR count). The van der Waals surface area contributed by atoms with Gasteiger partial charge in [-0.15, -0.1) is 0 Å². The molecule has 7 heteroatoms. The third-order valence-electron chi connectivity index (χ3n) is 2.90. The third kappa shape index (κ3) is 3.59. The van der Waals surface area contributed by atoms with E-state index in [2.05, 4.69) is 4.72 Å². The molecule has 0 heterocycles. The van der Waals surface area contributed by atoms with Crippen molar-refractivity contribution in [1.29, 1.82) is 0 Å². The lowest BCUT2D eigenvalue weighted by Crippen LogP contribution is -2.15. The Hall–Kier alpha value is -1.92. The number of benzene rings is 2. The largest absolute Gasteiger partial charge is 0.398 e. The Balaban J connectivity index is 2.28. The van der Waals surface area contributed by atoms with E-state index in [1.54, 1.807) is 12.1 Å². The monoisotopic (exact) mass is 325 g/mol. The molecule has 0 aliphatic rings. The Morgan fingerprint density at radius 2 is 1.71 bits per heavy atom. The van der Waals surface area contributed by atoms with Crippen molar-refractivity contribution < 1.29 is 8.42 Å². The highest BCUT2D eigenvalue weighted by atomic mass is 35.5. The minimum atomic E-state index is -3.74. The molecule has 0 bridgehead atoms. The van der Waals surface area contributed by atoms with Gasteiger partial charge in [0.15, 0.2) is 0 Å².